The highest BCUT2D eigenvalue weighted by molar-refractivity contribution is 5.91. The van der Waals surface area contributed by atoms with Crippen molar-refractivity contribution in [2.24, 2.45) is 17.3 Å². The van der Waals surface area contributed by atoms with Crippen molar-refractivity contribution in [1.82, 2.24) is 10.3 Å². The minimum Gasteiger partial charge on any atom is -0.481 e. The molecule has 1 amide bonds. The van der Waals surface area contributed by atoms with Crippen LogP contribution in [0.25, 0.3) is 0 Å². The van der Waals surface area contributed by atoms with Gasteiger partial charge in [0.25, 0.3) is 0 Å². The second kappa shape index (κ2) is 4.64. The first-order valence-corrected chi connectivity index (χ1v) is 6.25. The number of nitrogens with one attached hydrogen (secondary N) is 1. The van der Waals surface area contributed by atoms with Crippen molar-refractivity contribution in [1.29, 1.82) is 0 Å². The molecule has 5 heteroatoms. The van der Waals surface area contributed by atoms with Crippen LogP contribution in [0.2, 0.25) is 0 Å². The molecule has 102 valence electrons. The third-order valence-electron chi connectivity index (χ3n) is 3.97. The molecule has 1 aromatic rings. The maximum atomic E-state index is 12.0. The van der Waals surface area contributed by atoms with Crippen LogP contribution in [0.4, 0.5) is 0 Å². The van der Waals surface area contributed by atoms with Crippen LogP contribution >= 0.6 is 0 Å². The van der Waals surface area contributed by atoms with Crippen molar-refractivity contribution >= 4 is 11.9 Å². The Kier molecular flexibility index (Phi) is 3.30. The SMILES string of the molecule is Cc1cnccc1CNC(=O)[C@H]1[C@@H](C(=O)O)C1(C)C. The Labute approximate surface area is 112 Å². The zero-order chi connectivity index (χ0) is 14.2. The van der Waals surface area contributed by atoms with Crippen LogP contribution in [0.3, 0.4) is 0 Å². The Morgan fingerprint density at radius 1 is 1.42 bits per heavy atom. The molecule has 0 spiro atoms. The average Bonchev–Trinajstić information content (AvgIpc) is 2.91. The summed E-state index contributed by atoms with van der Waals surface area (Å²) in [7, 11) is 0. The number of aliphatic carboxylic acids is 1. The molecule has 0 aromatic carbocycles. The van der Waals surface area contributed by atoms with E-state index in [4.69, 9.17) is 5.11 Å². The van der Waals surface area contributed by atoms with Crippen LogP contribution in [0.1, 0.15) is 25.0 Å². The van der Waals surface area contributed by atoms with E-state index >= 15 is 0 Å². The van der Waals surface area contributed by atoms with E-state index in [1.165, 1.54) is 0 Å². The summed E-state index contributed by atoms with van der Waals surface area (Å²) >= 11 is 0. The van der Waals surface area contributed by atoms with Gasteiger partial charge < -0.3 is 10.4 Å². The van der Waals surface area contributed by atoms with Gasteiger partial charge >= 0.3 is 5.97 Å². The van der Waals surface area contributed by atoms with Gasteiger partial charge in [-0.05, 0) is 29.5 Å². The monoisotopic (exact) mass is 262 g/mol. The topological polar surface area (TPSA) is 79.3 Å². The van der Waals surface area contributed by atoms with Crippen molar-refractivity contribution in [3.05, 3.63) is 29.6 Å². The van der Waals surface area contributed by atoms with Crippen LogP contribution in [0.5, 0.6) is 0 Å². The largest absolute Gasteiger partial charge is 0.481 e. The summed E-state index contributed by atoms with van der Waals surface area (Å²) in [5.41, 5.74) is 1.55. The van der Waals surface area contributed by atoms with Gasteiger partial charge in [-0.2, -0.15) is 0 Å². The molecule has 0 radical (unpaired) electrons. The van der Waals surface area contributed by atoms with Gasteiger partial charge in [-0.25, -0.2) is 0 Å². The summed E-state index contributed by atoms with van der Waals surface area (Å²) in [5, 5.41) is 11.9. The molecular weight excluding hydrogens is 244 g/mol. The summed E-state index contributed by atoms with van der Waals surface area (Å²) < 4.78 is 0. The summed E-state index contributed by atoms with van der Waals surface area (Å²) in [6.07, 6.45) is 3.41. The molecule has 1 fully saturated rings. The highest BCUT2D eigenvalue weighted by Gasteiger charge is 2.65. The molecule has 1 aliphatic carbocycles. The maximum Gasteiger partial charge on any atom is 0.307 e. The summed E-state index contributed by atoms with van der Waals surface area (Å²) in [6.45, 7) is 5.96. The van der Waals surface area contributed by atoms with Crippen molar-refractivity contribution < 1.29 is 14.7 Å². The molecule has 0 unspecified atom stereocenters. The first kappa shape index (κ1) is 13.5. The third-order valence-corrected chi connectivity index (χ3v) is 3.97. The highest BCUT2D eigenvalue weighted by Crippen LogP contribution is 2.58. The molecule has 19 heavy (non-hydrogen) atoms. The highest BCUT2D eigenvalue weighted by atomic mass is 16.4. The van der Waals surface area contributed by atoms with Crippen LogP contribution in [0, 0.1) is 24.2 Å². The maximum absolute atomic E-state index is 12.0. The van der Waals surface area contributed by atoms with E-state index in [0.29, 0.717) is 6.54 Å². The number of rotatable bonds is 4. The van der Waals surface area contributed by atoms with Gasteiger partial charge in [0.15, 0.2) is 0 Å². The van der Waals surface area contributed by atoms with Gasteiger partial charge in [-0.3, -0.25) is 14.6 Å². The molecular formula is C14H18N2O3. The van der Waals surface area contributed by atoms with E-state index < -0.39 is 23.2 Å². The van der Waals surface area contributed by atoms with E-state index in [1.54, 1.807) is 12.4 Å². The molecule has 1 saturated carbocycles. The van der Waals surface area contributed by atoms with Gasteiger partial charge in [0, 0.05) is 18.9 Å². The van der Waals surface area contributed by atoms with Gasteiger partial charge in [0.2, 0.25) is 5.91 Å². The standard InChI is InChI=1S/C14H18N2O3/c1-8-6-15-5-4-9(8)7-16-12(17)10-11(13(18)19)14(10,2)3/h4-6,10-11H,7H2,1-3H3,(H,16,17)(H,18,19)/t10-,11+/m1/s1. The number of amides is 1. The molecule has 5 nitrogen and oxygen atoms in total. The van der Waals surface area contributed by atoms with E-state index in [1.807, 2.05) is 26.8 Å². The van der Waals surface area contributed by atoms with Crippen molar-refractivity contribution in [2.45, 2.75) is 27.3 Å². The number of hydrogen-bond donors (Lipinski definition) is 2. The minimum absolute atomic E-state index is 0.186. The van der Waals surface area contributed by atoms with Gasteiger partial charge in [-0.1, -0.05) is 13.8 Å². The zero-order valence-corrected chi connectivity index (χ0v) is 11.3. The number of aryl methyl sites for hydroxylation is 1. The third kappa shape index (κ3) is 2.45. The van der Waals surface area contributed by atoms with Crippen LogP contribution in [0.15, 0.2) is 18.5 Å². The molecule has 1 aliphatic rings. The van der Waals surface area contributed by atoms with E-state index in [0.717, 1.165) is 11.1 Å². The molecule has 0 saturated heterocycles. The predicted molar refractivity (Wildman–Crippen MR) is 69.2 cm³/mol. The number of nitrogens with zero attached hydrogens (tertiary/aromatic N) is 1. The number of hydrogen-bond acceptors (Lipinski definition) is 3. The second-order valence-electron chi connectivity index (χ2n) is 5.63. The zero-order valence-electron chi connectivity index (χ0n) is 11.3. The van der Waals surface area contributed by atoms with Crippen LogP contribution < -0.4 is 5.32 Å². The Morgan fingerprint density at radius 2 is 2.11 bits per heavy atom. The number of pyridine rings is 1. The first-order chi connectivity index (χ1) is 8.85. The van der Waals surface area contributed by atoms with E-state index in [9.17, 15) is 9.59 Å². The molecule has 0 bridgehead atoms. The van der Waals surface area contributed by atoms with Gasteiger partial charge in [0.05, 0.1) is 11.8 Å². The smallest absolute Gasteiger partial charge is 0.307 e. The molecule has 2 N–H and O–H groups in total. The molecule has 1 heterocycles. The number of carboxylic acid groups (broad SMARTS) is 1. The van der Waals surface area contributed by atoms with Gasteiger partial charge in [-0.15, -0.1) is 0 Å². The van der Waals surface area contributed by atoms with Crippen molar-refractivity contribution in [3.8, 4) is 0 Å². The summed E-state index contributed by atoms with van der Waals surface area (Å²) in [6, 6.07) is 1.85. The Hall–Kier alpha value is -1.91. The minimum atomic E-state index is -0.898. The molecule has 0 aliphatic heterocycles. The fourth-order valence-electron chi connectivity index (χ4n) is 2.58. The molecule has 1 aromatic heterocycles. The van der Waals surface area contributed by atoms with Crippen molar-refractivity contribution in [3.63, 3.8) is 0 Å². The Balaban J connectivity index is 1.97. The Bertz CT molecular complexity index is 525. The number of aromatic nitrogens is 1. The Morgan fingerprint density at radius 3 is 2.63 bits per heavy atom. The number of carboxylic acids is 1. The lowest BCUT2D eigenvalue weighted by Crippen LogP contribution is -2.27. The van der Waals surface area contributed by atoms with Crippen molar-refractivity contribution in [2.75, 3.05) is 0 Å². The fourth-order valence-corrected chi connectivity index (χ4v) is 2.58. The van der Waals surface area contributed by atoms with Gasteiger partial charge in [0.1, 0.15) is 0 Å². The lowest BCUT2D eigenvalue weighted by atomic mass is 10.1. The second-order valence-corrected chi connectivity index (χ2v) is 5.63. The lowest BCUT2D eigenvalue weighted by molar-refractivity contribution is -0.140. The van der Waals surface area contributed by atoms with Crippen LogP contribution in [-0.4, -0.2) is 22.0 Å². The van der Waals surface area contributed by atoms with Crippen LogP contribution in [-0.2, 0) is 16.1 Å². The normalized spacial score (nSPS) is 23.7. The first-order valence-electron chi connectivity index (χ1n) is 6.25. The molecule has 2 atom stereocenters. The molecule has 2 rings (SSSR count). The number of carbonyl (C=O) groups excluding carboxylic acids is 1. The van der Waals surface area contributed by atoms with E-state index in [2.05, 4.69) is 10.3 Å². The lowest BCUT2D eigenvalue weighted by Gasteiger charge is -2.08. The average molecular weight is 262 g/mol. The fraction of sp³-hybridized carbons (Fsp3) is 0.500. The quantitative estimate of drug-likeness (QED) is 0.858. The summed E-state index contributed by atoms with van der Waals surface area (Å²) in [5.74, 6) is -2.10. The summed E-state index contributed by atoms with van der Waals surface area (Å²) in [4.78, 5) is 27.0. The number of carbonyl (C=O) groups is 2. The van der Waals surface area contributed by atoms with E-state index in [-0.39, 0.29) is 5.91 Å². The predicted octanol–water partition coefficient (Wildman–Crippen LogP) is 1.36.